The molecule has 0 aliphatic heterocycles. The molecule has 0 N–H and O–H groups in total. The maximum Gasteiger partial charge on any atom is 0.254 e. The van der Waals surface area contributed by atoms with E-state index in [2.05, 4.69) is 93.7 Å². The molecule has 1 heterocycles. The van der Waals surface area contributed by atoms with Crippen LogP contribution in [-0.4, -0.2) is 4.57 Å². The van der Waals surface area contributed by atoms with Gasteiger partial charge < -0.3 is 12.4 Å². The van der Waals surface area contributed by atoms with Gasteiger partial charge in [-0.3, -0.25) is 4.70 Å². The molecule has 0 atom stereocenters. The third-order valence-corrected chi connectivity index (χ3v) is 4.42. The number of nitrogens with zero attached hydrogens (tertiary/aromatic N) is 2. The van der Waals surface area contributed by atoms with E-state index in [0.717, 1.165) is 0 Å². The molecule has 3 rings (SSSR count). The first-order valence-corrected chi connectivity index (χ1v) is 8.12. The maximum atomic E-state index is 2.25. The van der Waals surface area contributed by atoms with E-state index < -0.39 is 0 Å². The molecule has 0 amide bonds. The molecule has 0 aliphatic carbocycles. The molecule has 1 aromatic heterocycles. The predicted octanol–water partition coefficient (Wildman–Crippen LogP) is 1.76. The van der Waals surface area contributed by atoms with Crippen LogP contribution in [0.1, 0.15) is 33.4 Å². The minimum atomic E-state index is 0. The largest absolute Gasteiger partial charge is 1.00 e. The van der Waals surface area contributed by atoms with Crippen LogP contribution in [-0.2, 0) is 0 Å². The van der Waals surface area contributed by atoms with Crippen molar-refractivity contribution in [2.45, 2.75) is 41.5 Å². The van der Waals surface area contributed by atoms with Crippen molar-refractivity contribution in [1.82, 2.24) is 4.57 Å². The SMILES string of the molecule is Cc1cc(C)c(-n2cc[n+](-c3c(C)cc(C)cc3C)c2)c(C)c1.F.[Cl-]. The summed E-state index contributed by atoms with van der Waals surface area (Å²) in [6.45, 7) is 13.0. The Kier molecular flexibility index (Phi) is 6.55. The van der Waals surface area contributed by atoms with Crippen LogP contribution in [0.5, 0.6) is 0 Å². The summed E-state index contributed by atoms with van der Waals surface area (Å²) in [4.78, 5) is 0. The second kappa shape index (κ2) is 7.83. The van der Waals surface area contributed by atoms with Gasteiger partial charge in [0.25, 0.3) is 6.33 Å². The molecular formula is C21H26ClFN2. The number of halogens is 2. The maximum absolute atomic E-state index is 2.25. The highest BCUT2D eigenvalue weighted by Gasteiger charge is 2.16. The van der Waals surface area contributed by atoms with Gasteiger partial charge in [0, 0.05) is 0 Å². The van der Waals surface area contributed by atoms with E-state index in [0.29, 0.717) is 0 Å². The van der Waals surface area contributed by atoms with E-state index in [1.54, 1.807) is 0 Å². The van der Waals surface area contributed by atoms with E-state index in [4.69, 9.17) is 0 Å². The fourth-order valence-electron chi connectivity index (χ4n) is 3.78. The summed E-state index contributed by atoms with van der Waals surface area (Å²) in [7, 11) is 0. The van der Waals surface area contributed by atoms with Gasteiger partial charge in [-0.15, -0.1) is 0 Å². The Labute approximate surface area is 155 Å². The molecule has 2 aromatic carbocycles. The van der Waals surface area contributed by atoms with Crippen LogP contribution in [0.25, 0.3) is 11.4 Å². The number of aromatic nitrogens is 2. The van der Waals surface area contributed by atoms with Crippen molar-refractivity contribution in [3.05, 3.63) is 76.4 Å². The average molecular weight is 361 g/mol. The van der Waals surface area contributed by atoms with Crippen molar-refractivity contribution < 1.29 is 21.7 Å². The first-order chi connectivity index (χ1) is 10.9. The zero-order valence-corrected chi connectivity index (χ0v) is 16.5. The van der Waals surface area contributed by atoms with E-state index in [1.165, 1.54) is 44.8 Å². The Hall–Kier alpha value is -2.13. The Morgan fingerprint density at radius 3 is 1.64 bits per heavy atom. The second-order valence-corrected chi connectivity index (χ2v) is 6.72. The minimum absolute atomic E-state index is 0. The highest BCUT2D eigenvalue weighted by Crippen LogP contribution is 2.21. The van der Waals surface area contributed by atoms with Gasteiger partial charge in [-0.25, -0.2) is 9.13 Å². The Morgan fingerprint density at radius 1 is 0.720 bits per heavy atom. The van der Waals surface area contributed by atoms with E-state index in [9.17, 15) is 0 Å². The molecule has 3 aromatic rings. The van der Waals surface area contributed by atoms with Crippen LogP contribution >= 0.6 is 0 Å². The standard InChI is InChI=1S/C21H25N2.ClH.FH/c1-14-9-16(3)20(17(4)10-14)22-7-8-23(13-22)21-18(5)11-15(2)12-19(21)6;;/h7-13H,1-6H3;2*1H/q+1;;/p-1. The lowest BCUT2D eigenvalue weighted by molar-refractivity contribution is -0.595. The van der Waals surface area contributed by atoms with Crippen LogP contribution in [0.2, 0.25) is 0 Å². The lowest BCUT2D eigenvalue weighted by Gasteiger charge is -2.08. The molecule has 25 heavy (non-hydrogen) atoms. The topological polar surface area (TPSA) is 8.81 Å². The van der Waals surface area contributed by atoms with Crippen LogP contribution in [0.15, 0.2) is 43.0 Å². The molecule has 0 spiro atoms. The molecular weight excluding hydrogens is 335 g/mol. The van der Waals surface area contributed by atoms with Gasteiger partial charge in [-0.1, -0.05) is 35.4 Å². The Morgan fingerprint density at radius 2 is 1.16 bits per heavy atom. The fourth-order valence-corrected chi connectivity index (χ4v) is 3.78. The van der Waals surface area contributed by atoms with Crippen molar-refractivity contribution >= 4 is 0 Å². The van der Waals surface area contributed by atoms with Gasteiger partial charge in [0.1, 0.15) is 23.8 Å². The number of benzene rings is 2. The van der Waals surface area contributed by atoms with Crippen molar-refractivity contribution in [3.8, 4) is 11.4 Å². The first-order valence-electron chi connectivity index (χ1n) is 8.12. The van der Waals surface area contributed by atoms with Gasteiger partial charge in [0.15, 0.2) is 0 Å². The van der Waals surface area contributed by atoms with Crippen molar-refractivity contribution in [1.29, 1.82) is 0 Å². The van der Waals surface area contributed by atoms with Crippen LogP contribution in [0, 0.1) is 41.5 Å². The summed E-state index contributed by atoms with van der Waals surface area (Å²) in [5, 5.41) is 0. The number of hydrogen-bond donors (Lipinski definition) is 0. The summed E-state index contributed by atoms with van der Waals surface area (Å²) in [6, 6.07) is 8.98. The smallest absolute Gasteiger partial charge is 0.254 e. The van der Waals surface area contributed by atoms with Crippen LogP contribution in [0.4, 0.5) is 4.70 Å². The summed E-state index contributed by atoms with van der Waals surface area (Å²) >= 11 is 0. The molecule has 134 valence electrons. The van der Waals surface area contributed by atoms with Crippen molar-refractivity contribution in [2.75, 3.05) is 0 Å². The highest BCUT2D eigenvalue weighted by molar-refractivity contribution is 5.49. The minimum Gasteiger partial charge on any atom is -1.00 e. The zero-order valence-electron chi connectivity index (χ0n) is 15.7. The number of imidazole rings is 1. The van der Waals surface area contributed by atoms with Crippen LogP contribution in [0.3, 0.4) is 0 Å². The Balaban J connectivity index is 0.00000156. The lowest BCUT2D eigenvalue weighted by Crippen LogP contribution is -3.00. The Bertz CT molecular complexity index is 779. The number of rotatable bonds is 2. The van der Waals surface area contributed by atoms with Crippen LogP contribution < -0.4 is 17.0 Å². The molecule has 2 nitrogen and oxygen atoms in total. The monoisotopic (exact) mass is 360 g/mol. The third-order valence-electron chi connectivity index (χ3n) is 4.42. The predicted molar refractivity (Wildman–Crippen MR) is 98.2 cm³/mol. The van der Waals surface area contributed by atoms with Crippen molar-refractivity contribution in [3.63, 3.8) is 0 Å². The van der Waals surface area contributed by atoms with E-state index >= 15 is 0 Å². The van der Waals surface area contributed by atoms with E-state index in [1.807, 2.05) is 0 Å². The summed E-state index contributed by atoms with van der Waals surface area (Å²) in [5.74, 6) is 0. The quantitative estimate of drug-likeness (QED) is 0.616. The third kappa shape index (κ3) is 3.93. The molecule has 0 radical (unpaired) electrons. The summed E-state index contributed by atoms with van der Waals surface area (Å²) < 4.78 is 4.45. The molecule has 0 fully saturated rings. The summed E-state index contributed by atoms with van der Waals surface area (Å²) in [6.07, 6.45) is 6.46. The zero-order chi connectivity index (χ0) is 16.7. The summed E-state index contributed by atoms with van der Waals surface area (Å²) in [5.41, 5.74) is 10.4. The molecule has 0 aliphatic rings. The molecule has 4 heteroatoms. The molecule has 0 unspecified atom stereocenters. The van der Waals surface area contributed by atoms with Gasteiger partial charge in [-0.2, -0.15) is 0 Å². The fraction of sp³-hybridized carbons (Fsp3) is 0.286. The number of hydrogen-bond acceptors (Lipinski definition) is 0. The number of aryl methyl sites for hydroxylation is 6. The van der Waals surface area contributed by atoms with Gasteiger partial charge in [0.2, 0.25) is 0 Å². The lowest BCUT2D eigenvalue weighted by atomic mass is 10.0. The van der Waals surface area contributed by atoms with Crippen molar-refractivity contribution in [2.24, 2.45) is 0 Å². The highest BCUT2D eigenvalue weighted by atomic mass is 35.5. The van der Waals surface area contributed by atoms with E-state index in [-0.39, 0.29) is 17.1 Å². The average Bonchev–Trinajstić information content (AvgIpc) is 2.85. The van der Waals surface area contributed by atoms with Gasteiger partial charge in [-0.05, 0) is 63.8 Å². The molecule has 0 saturated carbocycles. The normalized spacial score (nSPS) is 10.2. The van der Waals surface area contributed by atoms with Gasteiger partial charge in [0.05, 0.1) is 0 Å². The second-order valence-electron chi connectivity index (χ2n) is 6.72. The van der Waals surface area contributed by atoms with Gasteiger partial charge >= 0.3 is 0 Å². The first kappa shape index (κ1) is 20.9. The molecule has 0 saturated heterocycles. The molecule has 0 bridgehead atoms.